The molecular formula is C19H25NO4. The van der Waals surface area contributed by atoms with Crippen molar-refractivity contribution in [3.05, 3.63) is 35.9 Å². The summed E-state index contributed by atoms with van der Waals surface area (Å²) in [6, 6.07) is 7.45. The molecule has 2 rings (SSSR count). The molecular weight excluding hydrogens is 306 g/mol. The van der Waals surface area contributed by atoms with Gasteiger partial charge in [-0.25, -0.2) is 4.79 Å². The second-order valence-electron chi connectivity index (χ2n) is 5.71. The average Bonchev–Trinajstić information content (AvgIpc) is 2.88. The van der Waals surface area contributed by atoms with Crippen molar-refractivity contribution < 1.29 is 19.1 Å². The van der Waals surface area contributed by atoms with E-state index < -0.39 is 5.97 Å². The van der Waals surface area contributed by atoms with Crippen molar-refractivity contribution in [3.63, 3.8) is 0 Å². The van der Waals surface area contributed by atoms with Gasteiger partial charge in [-0.1, -0.05) is 31.0 Å². The maximum absolute atomic E-state index is 12.1. The van der Waals surface area contributed by atoms with E-state index in [0.29, 0.717) is 12.4 Å². The summed E-state index contributed by atoms with van der Waals surface area (Å²) in [7, 11) is 0. The van der Waals surface area contributed by atoms with E-state index in [2.05, 4.69) is 0 Å². The highest BCUT2D eigenvalue weighted by Crippen LogP contribution is 2.19. The fourth-order valence-electron chi connectivity index (χ4n) is 2.66. The maximum Gasteiger partial charge on any atom is 0.331 e. The Labute approximate surface area is 143 Å². The molecule has 0 spiro atoms. The zero-order chi connectivity index (χ0) is 17.2. The molecule has 0 N–H and O–H groups in total. The van der Waals surface area contributed by atoms with Gasteiger partial charge in [0.15, 0.2) is 6.61 Å². The number of hydrogen-bond donors (Lipinski definition) is 0. The molecule has 1 aromatic rings. The number of hydrogen-bond acceptors (Lipinski definition) is 4. The van der Waals surface area contributed by atoms with E-state index in [1.54, 1.807) is 11.0 Å². The van der Waals surface area contributed by atoms with Gasteiger partial charge in [0.2, 0.25) is 0 Å². The highest BCUT2D eigenvalue weighted by molar-refractivity contribution is 5.89. The third kappa shape index (κ3) is 5.72. The van der Waals surface area contributed by atoms with Crippen LogP contribution in [0.5, 0.6) is 5.75 Å². The van der Waals surface area contributed by atoms with E-state index in [1.165, 1.54) is 6.08 Å². The molecule has 5 heteroatoms. The number of para-hydroxylation sites is 1. The third-order valence-electron chi connectivity index (χ3n) is 3.91. The molecule has 130 valence electrons. The lowest BCUT2D eigenvalue weighted by atomic mass is 10.2. The first-order valence-corrected chi connectivity index (χ1v) is 8.55. The second kappa shape index (κ2) is 9.75. The number of carbonyl (C=O) groups is 2. The van der Waals surface area contributed by atoms with Gasteiger partial charge >= 0.3 is 5.97 Å². The Hall–Kier alpha value is -2.30. The minimum absolute atomic E-state index is 0.117. The Balaban J connectivity index is 1.83. The summed E-state index contributed by atoms with van der Waals surface area (Å²) in [6.07, 6.45) is 7.33. The molecule has 1 heterocycles. The molecule has 0 aromatic heterocycles. The van der Waals surface area contributed by atoms with Gasteiger partial charge in [-0.3, -0.25) is 4.79 Å². The summed E-state index contributed by atoms with van der Waals surface area (Å²) >= 11 is 0. The Morgan fingerprint density at radius 1 is 1.12 bits per heavy atom. The number of nitrogens with zero attached hydrogens (tertiary/aromatic N) is 1. The lowest BCUT2D eigenvalue weighted by Gasteiger charge is -2.19. The van der Waals surface area contributed by atoms with Crippen LogP contribution in [0.25, 0.3) is 6.08 Å². The lowest BCUT2D eigenvalue weighted by molar-refractivity contribution is -0.148. The van der Waals surface area contributed by atoms with Gasteiger partial charge in [-0.2, -0.15) is 0 Å². The molecule has 5 nitrogen and oxygen atoms in total. The summed E-state index contributed by atoms with van der Waals surface area (Å²) in [5.74, 6) is 0.0718. The molecule has 0 aliphatic carbocycles. The zero-order valence-corrected chi connectivity index (χ0v) is 14.2. The van der Waals surface area contributed by atoms with Crippen molar-refractivity contribution in [3.8, 4) is 5.75 Å². The molecule has 1 aliphatic heterocycles. The smallest absolute Gasteiger partial charge is 0.331 e. The topological polar surface area (TPSA) is 55.8 Å². The number of rotatable bonds is 6. The minimum atomic E-state index is -0.524. The molecule has 0 bridgehead atoms. The van der Waals surface area contributed by atoms with Crippen LogP contribution in [0.3, 0.4) is 0 Å². The number of benzene rings is 1. The SMILES string of the molecule is CCOc1ccccc1C=CC(=O)OCC(=O)N1CCCCCC1. The molecule has 1 aliphatic rings. The molecule has 0 radical (unpaired) electrons. The van der Waals surface area contributed by atoms with Crippen LogP contribution in [0.4, 0.5) is 0 Å². The zero-order valence-electron chi connectivity index (χ0n) is 14.2. The summed E-state index contributed by atoms with van der Waals surface area (Å²) < 4.78 is 10.6. The predicted molar refractivity (Wildman–Crippen MR) is 92.7 cm³/mol. The van der Waals surface area contributed by atoms with Crippen LogP contribution in [0.1, 0.15) is 38.2 Å². The van der Waals surface area contributed by atoms with Crippen molar-refractivity contribution >= 4 is 18.0 Å². The summed E-state index contributed by atoms with van der Waals surface area (Å²) in [4.78, 5) is 25.7. The molecule has 0 unspecified atom stereocenters. The highest BCUT2D eigenvalue weighted by Gasteiger charge is 2.16. The fourth-order valence-corrected chi connectivity index (χ4v) is 2.66. The van der Waals surface area contributed by atoms with Gasteiger partial charge in [-0.15, -0.1) is 0 Å². The number of amides is 1. The largest absolute Gasteiger partial charge is 0.493 e. The van der Waals surface area contributed by atoms with E-state index in [1.807, 2.05) is 31.2 Å². The molecule has 0 atom stereocenters. The first-order valence-electron chi connectivity index (χ1n) is 8.55. The average molecular weight is 331 g/mol. The minimum Gasteiger partial charge on any atom is -0.493 e. The van der Waals surface area contributed by atoms with Crippen LogP contribution in [-0.2, 0) is 14.3 Å². The van der Waals surface area contributed by atoms with E-state index in [0.717, 1.165) is 44.3 Å². The van der Waals surface area contributed by atoms with Crippen LogP contribution < -0.4 is 4.74 Å². The molecule has 1 fully saturated rings. The third-order valence-corrected chi connectivity index (χ3v) is 3.91. The van der Waals surface area contributed by atoms with Gasteiger partial charge in [-0.05, 0) is 31.9 Å². The Morgan fingerprint density at radius 3 is 2.54 bits per heavy atom. The summed E-state index contributed by atoms with van der Waals surface area (Å²) in [5, 5.41) is 0. The highest BCUT2D eigenvalue weighted by atomic mass is 16.5. The molecule has 1 aromatic carbocycles. The molecule has 0 saturated carbocycles. The van der Waals surface area contributed by atoms with Crippen LogP contribution in [0.2, 0.25) is 0 Å². The maximum atomic E-state index is 12.1. The molecule has 24 heavy (non-hydrogen) atoms. The number of carbonyl (C=O) groups excluding carboxylic acids is 2. The van der Waals surface area contributed by atoms with E-state index in [9.17, 15) is 9.59 Å². The van der Waals surface area contributed by atoms with Crippen molar-refractivity contribution in [2.45, 2.75) is 32.6 Å². The second-order valence-corrected chi connectivity index (χ2v) is 5.71. The normalized spacial score (nSPS) is 15.1. The summed E-state index contributed by atoms with van der Waals surface area (Å²) in [6.45, 7) is 3.78. The van der Waals surface area contributed by atoms with Gasteiger partial charge in [0, 0.05) is 24.7 Å². The van der Waals surface area contributed by atoms with Crippen LogP contribution >= 0.6 is 0 Å². The van der Waals surface area contributed by atoms with Crippen molar-refractivity contribution in [1.82, 2.24) is 4.90 Å². The van der Waals surface area contributed by atoms with E-state index >= 15 is 0 Å². The first-order chi connectivity index (χ1) is 11.7. The van der Waals surface area contributed by atoms with E-state index in [-0.39, 0.29) is 12.5 Å². The number of likely N-dealkylation sites (tertiary alicyclic amines) is 1. The quantitative estimate of drug-likeness (QED) is 0.594. The Bertz CT molecular complexity index is 574. The monoisotopic (exact) mass is 331 g/mol. The van der Waals surface area contributed by atoms with Crippen LogP contribution in [0.15, 0.2) is 30.3 Å². The van der Waals surface area contributed by atoms with Gasteiger partial charge in [0.05, 0.1) is 6.61 Å². The first kappa shape index (κ1) is 18.0. The van der Waals surface area contributed by atoms with Crippen molar-refractivity contribution in [2.75, 3.05) is 26.3 Å². The van der Waals surface area contributed by atoms with Crippen molar-refractivity contribution in [2.24, 2.45) is 0 Å². The predicted octanol–water partition coefficient (Wildman–Crippen LogP) is 3.04. The standard InChI is InChI=1S/C19H25NO4/c1-2-23-17-10-6-5-9-16(17)11-12-19(22)24-15-18(21)20-13-7-3-4-8-14-20/h5-6,9-12H,2-4,7-8,13-15H2,1H3. The van der Waals surface area contributed by atoms with Crippen LogP contribution in [-0.4, -0.2) is 43.1 Å². The summed E-state index contributed by atoms with van der Waals surface area (Å²) in [5.41, 5.74) is 0.801. The van der Waals surface area contributed by atoms with E-state index in [4.69, 9.17) is 9.47 Å². The van der Waals surface area contributed by atoms with Gasteiger partial charge in [0.25, 0.3) is 5.91 Å². The Kier molecular flexibility index (Phi) is 7.33. The number of ether oxygens (including phenoxy) is 2. The lowest BCUT2D eigenvalue weighted by Crippen LogP contribution is -2.35. The van der Waals surface area contributed by atoms with Crippen molar-refractivity contribution in [1.29, 1.82) is 0 Å². The van der Waals surface area contributed by atoms with Crippen LogP contribution in [0, 0.1) is 0 Å². The fraction of sp³-hybridized carbons (Fsp3) is 0.474. The number of esters is 1. The van der Waals surface area contributed by atoms with Gasteiger partial charge < -0.3 is 14.4 Å². The molecule has 1 saturated heterocycles. The molecule has 1 amide bonds. The Morgan fingerprint density at radius 2 is 1.83 bits per heavy atom. The van der Waals surface area contributed by atoms with Gasteiger partial charge in [0.1, 0.15) is 5.75 Å².